The largest absolute Gasteiger partial charge is 0.508 e. The Morgan fingerprint density at radius 2 is 1.87 bits per heavy atom. The molecule has 1 aliphatic rings. The first-order chi connectivity index (χ1) is 11.0. The van der Waals surface area contributed by atoms with Crippen molar-refractivity contribution in [3.8, 4) is 17.0 Å². The number of phenols is 1. The lowest BCUT2D eigenvalue weighted by Gasteiger charge is -2.31. The van der Waals surface area contributed by atoms with Gasteiger partial charge < -0.3 is 10.4 Å². The van der Waals surface area contributed by atoms with Gasteiger partial charge in [0, 0.05) is 16.8 Å². The number of anilines is 1. The molecular weight excluding hydrogens is 286 g/mol. The average molecular weight is 305 g/mol. The van der Waals surface area contributed by atoms with Gasteiger partial charge >= 0.3 is 0 Å². The zero-order chi connectivity index (χ0) is 16.1. The molecule has 3 aromatic rings. The smallest absolute Gasteiger partial charge is 0.150 e. The Morgan fingerprint density at radius 3 is 2.65 bits per heavy atom. The van der Waals surface area contributed by atoms with Gasteiger partial charge in [-0.05, 0) is 44.5 Å². The summed E-state index contributed by atoms with van der Waals surface area (Å²) in [7, 11) is 0. The van der Waals surface area contributed by atoms with Crippen LogP contribution in [0.2, 0.25) is 0 Å². The van der Waals surface area contributed by atoms with Gasteiger partial charge in [0.2, 0.25) is 0 Å². The maximum atomic E-state index is 10.3. The van der Waals surface area contributed by atoms with Crippen molar-refractivity contribution < 1.29 is 5.11 Å². The van der Waals surface area contributed by atoms with Gasteiger partial charge in [-0.25, -0.2) is 4.68 Å². The number of nitrogens with zero attached hydrogens (tertiary/aromatic N) is 2. The summed E-state index contributed by atoms with van der Waals surface area (Å²) in [6.45, 7) is 6.21. The van der Waals surface area contributed by atoms with Crippen LogP contribution in [0.1, 0.15) is 28.6 Å². The summed E-state index contributed by atoms with van der Waals surface area (Å²) in [6, 6.07) is 13.9. The number of hydrogen-bond acceptors (Lipinski definition) is 3. The van der Waals surface area contributed by atoms with E-state index in [2.05, 4.69) is 42.5 Å². The Hall–Kier alpha value is -2.75. The average Bonchev–Trinajstić information content (AvgIpc) is 2.89. The monoisotopic (exact) mass is 305 g/mol. The number of aryl methyl sites for hydroxylation is 3. The number of nitrogens with one attached hydrogen (secondary N) is 1. The fraction of sp³-hybridized carbons (Fsp3) is 0.211. The molecule has 2 aromatic carbocycles. The summed E-state index contributed by atoms with van der Waals surface area (Å²) in [6.07, 6.45) is -0.214. The zero-order valence-electron chi connectivity index (χ0n) is 13.5. The molecule has 0 amide bonds. The summed E-state index contributed by atoms with van der Waals surface area (Å²) in [5.41, 5.74) is 7.57. The van der Waals surface area contributed by atoms with Crippen LogP contribution in [0.15, 0.2) is 42.5 Å². The molecule has 1 aliphatic heterocycles. The summed E-state index contributed by atoms with van der Waals surface area (Å²) in [5, 5.41) is 18.5. The number of benzene rings is 2. The van der Waals surface area contributed by atoms with E-state index < -0.39 is 0 Å². The highest BCUT2D eigenvalue weighted by Gasteiger charge is 2.28. The fourth-order valence-corrected chi connectivity index (χ4v) is 3.40. The summed E-state index contributed by atoms with van der Waals surface area (Å²) >= 11 is 0. The number of para-hydroxylation sites is 1. The number of fused-ring (bicyclic) bond motifs is 3. The minimum atomic E-state index is -0.214. The number of aromatic hydroxyl groups is 1. The van der Waals surface area contributed by atoms with E-state index in [1.54, 1.807) is 6.07 Å². The summed E-state index contributed by atoms with van der Waals surface area (Å²) < 4.78 is 1.96. The molecule has 116 valence electrons. The summed E-state index contributed by atoms with van der Waals surface area (Å²) in [5.74, 6) is 0.275. The van der Waals surface area contributed by atoms with Crippen molar-refractivity contribution in [3.63, 3.8) is 0 Å². The van der Waals surface area contributed by atoms with E-state index in [1.165, 1.54) is 11.1 Å². The normalized spacial score (nSPS) is 15.7. The predicted molar refractivity (Wildman–Crippen MR) is 91.7 cm³/mol. The lowest BCUT2D eigenvalue weighted by Crippen LogP contribution is -2.26. The second-order valence-corrected chi connectivity index (χ2v) is 6.23. The SMILES string of the molecule is Cc1cc(C)c2c(c1)-c1cc(C)nn1C(c1ccccc1O)N2. The zero-order valence-corrected chi connectivity index (χ0v) is 13.5. The van der Waals surface area contributed by atoms with E-state index in [-0.39, 0.29) is 11.9 Å². The molecule has 2 heterocycles. The third kappa shape index (κ3) is 2.10. The van der Waals surface area contributed by atoms with Crippen LogP contribution in [0.5, 0.6) is 5.75 Å². The Morgan fingerprint density at radius 1 is 1.09 bits per heavy atom. The maximum absolute atomic E-state index is 10.3. The molecule has 0 radical (unpaired) electrons. The van der Waals surface area contributed by atoms with Crippen LogP contribution in [0, 0.1) is 20.8 Å². The molecule has 23 heavy (non-hydrogen) atoms. The molecule has 0 saturated carbocycles. The van der Waals surface area contributed by atoms with Crippen molar-refractivity contribution in [1.82, 2.24) is 9.78 Å². The van der Waals surface area contributed by atoms with E-state index in [0.717, 1.165) is 28.2 Å². The van der Waals surface area contributed by atoms with Gasteiger partial charge in [-0.3, -0.25) is 0 Å². The lowest BCUT2D eigenvalue weighted by atomic mass is 9.98. The minimum Gasteiger partial charge on any atom is -0.508 e. The van der Waals surface area contributed by atoms with Gasteiger partial charge in [0.15, 0.2) is 6.17 Å². The molecule has 0 aliphatic carbocycles. The molecule has 1 aromatic heterocycles. The van der Waals surface area contributed by atoms with Crippen molar-refractivity contribution in [2.75, 3.05) is 5.32 Å². The van der Waals surface area contributed by atoms with Crippen molar-refractivity contribution in [2.45, 2.75) is 26.9 Å². The van der Waals surface area contributed by atoms with Crippen LogP contribution in [0.4, 0.5) is 5.69 Å². The van der Waals surface area contributed by atoms with Gasteiger partial charge in [0.25, 0.3) is 0 Å². The number of hydrogen-bond donors (Lipinski definition) is 2. The lowest BCUT2D eigenvalue weighted by molar-refractivity contribution is 0.452. The first-order valence-corrected chi connectivity index (χ1v) is 7.77. The van der Waals surface area contributed by atoms with E-state index in [1.807, 2.05) is 29.8 Å². The molecular formula is C19H19N3O. The highest BCUT2D eigenvalue weighted by Crippen LogP contribution is 2.42. The van der Waals surface area contributed by atoms with E-state index in [9.17, 15) is 5.11 Å². The van der Waals surface area contributed by atoms with Gasteiger partial charge in [0.05, 0.1) is 11.4 Å². The molecule has 1 unspecified atom stereocenters. The Balaban J connectivity index is 1.97. The Kier molecular flexibility index (Phi) is 2.94. The van der Waals surface area contributed by atoms with E-state index in [4.69, 9.17) is 0 Å². The molecule has 4 nitrogen and oxygen atoms in total. The van der Waals surface area contributed by atoms with Gasteiger partial charge in [-0.15, -0.1) is 0 Å². The van der Waals surface area contributed by atoms with Crippen LogP contribution in [-0.4, -0.2) is 14.9 Å². The maximum Gasteiger partial charge on any atom is 0.150 e. The van der Waals surface area contributed by atoms with Crippen LogP contribution < -0.4 is 5.32 Å². The number of rotatable bonds is 1. The van der Waals surface area contributed by atoms with Crippen molar-refractivity contribution >= 4 is 5.69 Å². The predicted octanol–water partition coefficient (Wildman–Crippen LogP) is 4.15. The molecule has 0 fully saturated rings. The van der Waals surface area contributed by atoms with Crippen molar-refractivity contribution in [3.05, 3.63) is 64.8 Å². The van der Waals surface area contributed by atoms with Crippen LogP contribution >= 0.6 is 0 Å². The number of phenolic OH excluding ortho intramolecular Hbond substituents is 1. The second kappa shape index (κ2) is 4.88. The second-order valence-electron chi connectivity index (χ2n) is 6.23. The molecule has 2 N–H and O–H groups in total. The van der Waals surface area contributed by atoms with Gasteiger partial charge in [-0.2, -0.15) is 5.10 Å². The first-order valence-electron chi connectivity index (χ1n) is 7.77. The van der Waals surface area contributed by atoms with Crippen molar-refractivity contribution in [1.29, 1.82) is 0 Å². The van der Waals surface area contributed by atoms with Crippen LogP contribution in [-0.2, 0) is 0 Å². The molecule has 0 saturated heterocycles. The first kappa shape index (κ1) is 13.9. The highest BCUT2D eigenvalue weighted by molar-refractivity contribution is 5.82. The quantitative estimate of drug-likeness (QED) is 0.710. The standard InChI is InChI=1S/C19H19N3O/c1-11-8-12(2)18-15(9-11)16-10-13(3)21-22(16)19(20-18)14-6-4-5-7-17(14)23/h4-10,19-20,23H,1-3H3. The van der Waals surface area contributed by atoms with Crippen LogP contribution in [0.3, 0.4) is 0 Å². The Bertz CT molecular complexity index is 911. The van der Waals surface area contributed by atoms with E-state index >= 15 is 0 Å². The third-order valence-corrected chi connectivity index (χ3v) is 4.37. The molecule has 4 heteroatoms. The van der Waals surface area contributed by atoms with Gasteiger partial charge in [0.1, 0.15) is 5.75 Å². The minimum absolute atomic E-state index is 0.214. The molecule has 0 bridgehead atoms. The van der Waals surface area contributed by atoms with Gasteiger partial charge in [-0.1, -0.05) is 29.8 Å². The third-order valence-electron chi connectivity index (χ3n) is 4.37. The molecule has 0 spiro atoms. The molecule has 4 rings (SSSR count). The Labute approximate surface area is 135 Å². The van der Waals surface area contributed by atoms with Crippen LogP contribution in [0.25, 0.3) is 11.3 Å². The topological polar surface area (TPSA) is 50.1 Å². The fourth-order valence-electron chi connectivity index (χ4n) is 3.40. The molecule has 1 atom stereocenters. The summed E-state index contributed by atoms with van der Waals surface area (Å²) in [4.78, 5) is 0. The van der Waals surface area contributed by atoms with Crippen molar-refractivity contribution in [2.24, 2.45) is 0 Å². The number of aromatic nitrogens is 2. The van der Waals surface area contributed by atoms with E-state index in [0.29, 0.717) is 0 Å². The highest BCUT2D eigenvalue weighted by atomic mass is 16.3.